The Labute approximate surface area is 168 Å². The fraction of sp³-hybridized carbons (Fsp3) is 0.450. The monoisotopic (exact) mass is 403 g/mol. The Morgan fingerprint density at radius 1 is 1.11 bits per heavy atom. The molecule has 0 unspecified atom stereocenters. The summed E-state index contributed by atoms with van der Waals surface area (Å²) in [4.78, 5) is 30.3. The number of anilines is 1. The van der Waals surface area contributed by atoms with Crippen LogP contribution in [0.2, 0.25) is 0 Å². The maximum Gasteiger partial charge on any atom is 0.251 e. The molecule has 1 heterocycles. The zero-order valence-corrected chi connectivity index (χ0v) is 17.0. The van der Waals surface area contributed by atoms with E-state index in [1.165, 1.54) is 22.6 Å². The Kier molecular flexibility index (Phi) is 6.86. The number of thiazole rings is 1. The number of hydrogen-bond donors (Lipinski definition) is 2. The van der Waals surface area contributed by atoms with Crippen molar-refractivity contribution in [1.82, 2.24) is 10.3 Å². The Bertz CT molecular complexity index is 826. The summed E-state index contributed by atoms with van der Waals surface area (Å²) in [5, 5.41) is 6.01. The van der Waals surface area contributed by atoms with Crippen LogP contribution in [0.1, 0.15) is 47.6 Å². The zero-order chi connectivity index (χ0) is 19.9. The van der Waals surface area contributed by atoms with Gasteiger partial charge in [-0.3, -0.25) is 9.59 Å². The molecule has 0 fully saturated rings. The number of rotatable bonds is 8. The second-order valence-electron chi connectivity index (χ2n) is 6.35. The van der Waals surface area contributed by atoms with Gasteiger partial charge in [-0.2, -0.15) is 0 Å². The van der Waals surface area contributed by atoms with Gasteiger partial charge in [0.1, 0.15) is 0 Å². The number of nitrogens with one attached hydrogen (secondary N) is 2. The summed E-state index contributed by atoms with van der Waals surface area (Å²) in [6, 6.07) is 4.97. The highest BCUT2D eigenvalue weighted by Crippen LogP contribution is 2.30. The molecule has 0 bridgehead atoms. The Morgan fingerprint density at radius 2 is 1.86 bits per heavy atom. The number of hydrogen-bond acceptors (Lipinski definition) is 6. The molecule has 28 heavy (non-hydrogen) atoms. The maximum atomic E-state index is 12.4. The molecule has 0 saturated heterocycles. The second-order valence-corrected chi connectivity index (χ2v) is 7.44. The molecule has 150 valence electrons. The van der Waals surface area contributed by atoms with Crippen molar-refractivity contribution in [2.75, 3.05) is 25.1 Å². The number of aromatic nitrogens is 1. The predicted octanol–water partition coefficient (Wildman–Crippen LogP) is 3.19. The number of carbonyl (C=O) groups excluding carboxylic acids is 2. The molecular formula is C20H25N3O4S. The van der Waals surface area contributed by atoms with Crippen LogP contribution in [0, 0.1) is 0 Å². The Morgan fingerprint density at radius 3 is 2.61 bits per heavy atom. The standard InChI is InChI=1S/C20H25N3O4S/c1-3-26-15-10-9-13(11-16(15)27-4-2)19(25)21-12-18(24)23-20-22-14-7-5-6-8-17(14)28-20/h9-11H,3-8,12H2,1-2H3,(H,21,25)(H,22,23,24). The normalized spacial score (nSPS) is 12.8. The van der Waals surface area contributed by atoms with Crippen LogP contribution in [0.5, 0.6) is 11.5 Å². The third-order valence-electron chi connectivity index (χ3n) is 4.31. The minimum absolute atomic E-state index is 0.125. The first-order valence-electron chi connectivity index (χ1n) is 9.57. The first kappa shape index (κ1) is 20.1. The van der Waals surface area contributed by atoms with E-state index in [4.69, 9.17) is 9.47 Å². The third kappa shape index (κ3) is 5.01. The quantitative estimate of drug-likeness (QED) is 0.707. The average molecular weight is 404 g/mol. The van der Waals surface area contributed by atoms with Crippen molar-refractivity contribution in [1.29, 1.82) is 0 Å². The zero-order valence-electron chi connectivity index (χ0n) is 16.2. The van der Waals surface area contributed by atoms with Crippen LogP contribution < -0.4 is 20.1 Å². The van der Waals surface area contributed by atoms with Crippen LogP contribution in [0.3, 0.4) is 0 Å². The van der Waals surface area contributed by atoms with E-state index in [1.807, 2.05) is 13.8 Å². The highest BCUT2D eigenvalue weighted by Gasteiger charge is 2.17. The van der Waals surface area contributed by atoms with Crippen LogP contribution in [-0.2, 0) is 17.6 Å². The molecule has 2 N–H and O–H groups in total. The minimum Gasteiger partial charge on any atom is -0.490 e. The molecule has 7 nitrogen and oxygen atoms in total. The van der Waals surface area contributed by atoms with Crippen LogP contribution in [-0.4, -0.2) is 36.6 Å². The topological polar surface area (TPSA) is 89.5 Å². The van der Waals surface area contributed by atoms with Gasteiger partial charge in [0.15, 0.2) is 16.6 Å². The van der Waals surface area contributed by atoms with Crippen LogP contribution in [0.25, 0.3) is 0 Å². The van der Waals surface area contributed by atoms with Crippen LogP contribution in [0.4, 0.5) is 5.13 Å². The largest absolute Gasteiger partial charge is 0.490 e. The van der Waals surface area contributed by atoms with Gasteiger partial charge < -0.3 is 20.1 Å². The molecule has 0 atom stereocenters. The van der Waals surface area contributed by atoms with Gasteiger partial charge in [-0.1, -0.05) is 0 Å². The molecule has 8 heteroatoms. The summed E-state index contributed by atoms with van der Waals surface area (Å²) in [5.74, 6) is 0.453. The minimum atomic E-state index is -0.349. The fourth-order valence-electron chi connectivity index (χ4n) is 3.02. The molecule has 1 aliphatic carbocycles. The third-order valence-corrected chi connectivity index (χ3v) is 5.38. The summed E-state index contributed by atoms with van der Waals surface area (Å²) < 4.78 is 11.0. The lowest BCUT2D eigenvalue weighted by Gasteiger charge is -2.12. The van der Waals surface area contributed by atoms with Gasteiger partial charge in [-0.25, -0.2) is 4.98 Å². The fourth-order valence-corrected chi connectivity index (χ4v) is 4.09. The molecule has 0 spiro atoms. The molecule has 0 radical (unpaired) electrons. The molecule has 0 aliphatic heterocycles. The van der Waals surface area contributed by atoms with E-state index < -0.39 is 0 Å². The van der Waals surface area contributed by atoms with E-state index in [9.17, 15) is 9.59 Å². The lowest BCUT2D eigenvalue weighted by Crippen LogP contribution is -2.32. The van der Waals surface area contributed by atoms with Crippen molar-refractivity contribution < 1.29 is 19.1 Å². The number of amides is 2. The van der Waals surface area contributed by atoms with Crippen LogP contribution >= 0.6 is 11.3 Å². The first-order chi connectivity index (χ1) is 13.6. The number of carbonyl (C=O) groups is 2. The van der Waals surface area contributed by atoms with Crippen molar-refractivity contribution in [3.05, 3.63) is 34.3 Å². The maximum absolute atomic E-state index is 12.4. The van der Waals surface area contributed by atoms with Gasteiger partial charge in [-0.15, -0.1) is 11.3 Å². The highest BCUT2D eigenvalue weighted by molar-refractivity contribution is 7.15. The molecule has 1 aromatic heterocycles. The number of fused-ring (bicyclic) bond motifs is 1. The first-order valence-corrected chi connectivity index (χ1v) is 10.4. The van der Waals surface area contributed by atoms with Crippen molar-refractivity contribution in [2.45, 2.75) is 39.5 Å². The number of benzene rings is 1. The number of ether oxygens (including phenoxy) is 2. The Hall–Kier alpha value is -2.61. The van der Waals surface area contributed by atoms with Gasteiger partial charge in [-0.05, 0) is 57.7 Å². The smallest absolute Gasteiger partial charge is 0.251 e. The molecule has 1 aromatic carbocycles. The van der Waals surface area contributed by atoms with Crippen molar-refractivity contribution >= 4 is 28.3 Å². The van der Waals surface area contributed by atoms with E-state index >= 15 is 0 Å². The second kappa shape index (κ2) is 9.54. The van der Waals surface area contributed by atoms with Gasteiger partial charge in [0.25, 0.3) is 5.91 Å². The summed E-state index contributed by atoms with van der Waals surface area (Å²) >= 11 is 1.52. The molecule has 0 saturated carbocycles. The van der Waals surface area contributed by atoms with Gasteiger partial charge in [0.05, 0.1) is 25.5 Å². The molecule has 3 rings (SSSR count). The van der Waals surface area contributed by atoms with E-state index in [2.05, 4.69) is 15.6 Å². The summed E-state index contributed by atoms with van der Waals surface area (Å²) in [6.45, 7) is 4.59. The molecule has 1 aliphatic rings. The summed E-state index contributed by atoms with van der Waals surface area (Å²) in [6.07, 6.45) is 4.31. The van der Waals surface area contributed by atoms with Gasteiger partial charge in [0.2, 0.25) is 5.91 Å². The van der Waals surface area contributed by atoms with Gasteiger partial charge >= 0.3 is 0 Å². The van der Waals surface area contributed by atoms with Crippen LogP contribution in [0.15, 0.2) is 18.2 Å². The van der Waals surface area contributed by atoms with Crippen molar-refractivity contribution in [3.63, 3.8) is 0 Å². The lowest BCUT2D eigenvalue weighted by atomic mass is 10.0. The van der Waals surface area contributed by atoms with Crippen molar-refractivity contribution in [2.24, 2.45) is 0 Å². The van der Waals surface area contributed by atoms with E-state index in [0.717, 1.165) is 25.0 Å². The predicted molar refractivity (Wildman–Crippen MR) is 108 cm³/mol. The molecule has 2 aromatic rings. The van der Waals surface area contributed by atoms with Gasteiger partial charge in [0, 0.05) is 10.4 Å². The van der Waals surface area contributed by atoms with E-state index in [0.29, 0.717) is 35.4 Å². The number of aryl methyl sites for hydroxylation is 2. The lowest BCUT2D eigenvalue weighted by molar-refractivity contribution is -0.115. The van der Waals surface area contributed by atoms with E-state index in [-0.39, 0.29) is 18.4 Å². The number of nitrogens with zero attached hydrogens (tertiary/aromatic N) is 1. The summed E-state index contributed by atoms with van der Waals surface area (Å²) in [7, 11) is 0. The average Bonchev–Trinajstić information content (AvgIpc) is 3.10. The highest BCUT2D eigenvalue weighted by atomic mass is 32.1. The summed E-state index contributed by atoms with van der Waals surface area (Å²) in [5.41, 5.74) is 1.50. The van der Waals surface area contributed by atoms with Crippen molar-refractivity contribution in [3.8, 4) is 11.5 Å². The molecule has 2 amide bonds. The SMILES string of the molecule is CCOc1ccc(C(=O)NCC(=O)Nc2nc3c(s2)CCCC3)cc1OCC. The Balaban J connectivity index is 1.56. The van der Waals surface area contributed by atoms with E-state index in [1.54, 1.807) is 18.2 Å². The molecular weight excluding hydrogens is 378 g/mol.